The van der Waals surface area contributed by atoms with Crippen molar-refractivity contribution in [2.45, 2.75) is 31.8 Å². The fourth-order valence-electron chi connectivity index (χ4n) is 3.21. The van der Waals surface area contributed by atoms with E-state index in [0.29, 0.717) is 13.0 Å². The van der Waals surface area contributed by atoms with Gasteiger partial charge >= 0.3 is 0 Å². The zero-order valence-electron chi connectivity index (χ0n) is 14.1. The van der Waals surface area contributed by atoms with E-state index in [1.54, 1.807) is 12.1 Å². The maximum Gasteiger partial charge on any atom is 0.257 e. The second-order valence-corrected chi connectivity index (χ2v) is 6.28. The molecule has 1 aliphatic rings. The van der Waals surface area contributed by atoms with Gasteiger partial charge in [-0.15, -0.1) is 0 Å². The van der Waals surface area contributed by atoms with Crippen LogP contribution in [0, 0.1) is 5.82 Å². The molecule has 5 heteroatoms. The summed E-state index contributed by atoms with van der Waals surface area (Å²) in [6.07, 6.45) is 1.32. The summed E-state index contributed by atoms with van der Waals surface area (Å²) in [6.45, 7) is 2.37. The maximum absolute atomic E-state index is 13.9. The maximum atomic E-state index is 13.9. The minimum absolute atomic E-state index is 0.0123. The Labute approximate surface area is 146 Å². The van der Waals surface area contributed by atoms with Gasteiger partial charge in [0.25, 0.3) is 5.91 Å². The van der Waals surface area contributed by atoms with Crippen LogP contribution < -0.4 is 5.32 Å². The highest BCUT2D eigenvalue weighted by Gasteiger charge is 2.35. The summed E-state index contributed by atoms with van der Waals surface area (Å²) in [7, 11) is 0. The third-order valence-corrected chi connectivity index (χ3v) is 4.58. The molecule has 130 valence electrons. The van der Waals surface area contributed by atoms with Crippen molar-refractivity contribution in [3.05, 3.63) is 71.5 Å². The molecule has 0 bridgehead atoms. The molecule has 1 aliphatic heterocycles. The van der Waals surface area contributed by atoms with Crippen LogP contribution in [0.2, 0.25) is 0 Å². The number of hydrogen-bond acceptors (Lipinski definition) is 2. The van der Waals surface area contributed by atoms with Crippen molar-refractivity contribution in [2.24, 2.45) is 0 Å². The molecular formula is C20H21FN2O2. The third kappa shape index (κ3) is 3.71. The average molecular weight is 340 g/mol. The molecule has 0 saturated carbocycles. The van der Waals surface area contributed by atoms with E-state index < -0.39 is 17.8 Å². The Kier molecular flexibility index (Phi) is 5.12. The number of carbonyl (C=O) groups is 2. The first kappa shape index (κ1) is 17.1. The summed E-state index contributed by atoms with van der Waals surface area (Å²) in [6, 6.07) is 14.8. The number of hydrogen-bond donors (Lipinski definition) is 1. The fourth-order valence-corrected chi connectivity index (χ4v) is 3.21. The van der Waals surface area contributed by atoms with Gasteiger partial charge in [0.1, 0.15) is 11.9 Å². The summed E-state index contributed by atoms with van der Waals surface area (Å²) < 4.78 is 13.9. The average Bonchev–Trinajstić information content (AvgIpc) is 3.12. The lowest BCUT2D eigenvalue weighted by Gasteiger charge is -2.26. The predicted molar refractivity (Wildman–Crippen MR) is 93.5 cm³/mol. The first-order valence-corrected chi connectivity index (χ1v) is 8.48. The molecule has 3 rings (SSSR count). The standard InChI is InChI=1S/C20H21FN2O2/c1-14(15-8-3-2-4-9-15)22-19(24)18-12-7-13-23(18)20(25)16-10-5-6-11-17(16)21/h2-6,8-11,14,18H,7,12-13H2,1H3,(H,22,24)/t14-,18+/m1/s1. The molecule has 0 aliphatic carbocycles. The van der Waals surface area contributed by atoms with E-state index in [0.717, 1.165) is 12.0 Å². The SMILES string of the molecule is C[C@@H](NC(=O)[C@@H]1CCCN1C(=O)c1ccccc1F)c1ccccc1. The molecule has 1 N–H and O–H groups in total. The number of nitrogens with one attached hydrogen (secondary N) is 1. The van der Waals surface area contributed by atoms with Crippen molar-refractivity contribution in [3.8, 4) is 0 Å². The van der Waals surface area contributed by atoms with Gasteiger partial charge in [-0.3, -0.25) is 9.59 Å². The van der Waals surface area contributed by atoms with Crippen molar-refractivity contribution in [1.82, 2.24) is 10.2 Å². The van der Waals surface area contributed by atoms with Gasteiger partial charge in [-0.05, 0) is 37.5 Å². The summed E-state index contributed by atoms with van der Waals surface area (Å²) >= 11 is 0. The lowest BCUT2D eigenvalue weighted by atomic mass is 10.1. The van der Waals surface area contributed by atoms with Crippen molar-refractivity contribution >= 4 is 11.8 Å². The summed E-state index contributed by atoms with van der Waals surface area (Å²) in [5, 5.41) is 2.96. The zero-order chi connectivity index (χ0) is 17.8. The lowest BCUT2D eigenvalue weighted by molar-refractivity contribution is -0.125. The first-order chi connectivity index (χ1) is 12.1. The van der Waals surface area contributed by atoms with Gasteiger partial charge in [0, 0.05) is 6.54 Å². The normalized spacial score (nSPS) is 18.0. The molecule has 1 heterocycles. The summed E-state index contributed by atoms with van der Waals surface area (Å²) in [5.74, 6) is -1.18. The first-order valence-electron chi connectivity index (χ1n) is 8.48. The fraction of sp³-hybridized carbons (Fsp3) is 0.300. The molecular weight excluding hydrogens is 319 g/mol. The van der Waals surface area contributed by atoms with Gasteiger partial charge in [0.15, 0.2) is 0 Å². The van der Waals surface area contributed by atoms with Crippen LogP contribution in [0.25, 0.3) is 0 Å². The van der Waals surface area contributed by atoms with Gasteiger partial charge < -0.3 is 10.2 Å². The minimum Gasteiger partial charge on any atom is -0.348 e. The largest absolute Gasteiger partial charge is 0.348 e. The van der Waals surface area contributed by atoms with Gasteiger partial charge in [0.05, 0.1) is 11.6 Å². The van der Waals surface area contributed by atoms with Crippen LogP contribution in [-0.4, -0.2) is 29.3 Å². The minimum atomic E-state index is -0.559. The van der Waals surface area contributed by atoms with Crippen LogP contribution >= 0.6 is 0 Å². The van der Waals surface area contributed by atoms with E-state index >= 15 is 0 Å². The molecule has 0 aromatic heterocycles. The van der Waals surface area contributed by atoms with E-state index in [2.05, 4.69) is 5.32 Å². The molecule has 2 amide bonds. The summed E-state index contributed by atoms with van der Waals surface area (Å²) in [4.78, 5) is 26.8. The highest BCUT2D eigenvalue weighted by molar-refractivity contribution is 5.98. The van der Waals surface area contributed by atoms with Crippen LogP contribution in [0.4, 0.5) is 4.39 Å². The molecule has 4 nitrogen and oxygen atoms in total. The van der Waals surface area contributed by atoms with Gasteiger partial charge in [-0.2, -0.15) is 0 Å². The van der Waals surface area contributed by atoms with Gasteiger partial charge in [0.2, 0.25) is 5.91 Å². The second kappa shape index (κ2) is 7.47. The highest BCUT2D eigenvalue weighted by Crippen LogP contribution is 2.22. The van der Waals surface area contributed by atoms with Crippen molar-refractivity contribution < 1.29 is 14.0 Å². The summed E-state index contributed by atoms with van der Waals surface area (Å²) in [5.41, 5.74) is 1.01. The molecule has 2 aromatic carbocycles. The van der Waals surface area contributed by atoms with E-state index in [-0.39, 0.29) is 17.5 Å². The Hall–Kier alpha value is -2.69. The molecule has 0 unspecified atom stereocenters. The van der Waals surface area contributed by atoms with Crippen LogP contribution in [0.15, 0.2) is 54.6 Å². The smallest absolute Gasteiger partial charge is 0.257 e. The molecule has 1 fully saturated rings. The molecule has 25 heavy (non-hydrogen) atoms. The number of carbonyl (C=O) groups excluding carboxylic acids is 2. The molecule has 2 aromatic rings. The zero-order valence-corrected chi connectivity index (χ0v) is 14.1. The van der Waals surface area contributed by atoms with Crippen LogP contribution in [-0.2, 0) is 4.79 Å². The van der Waals surface area contributed by atoms with Crippen LogP contribution in [0.5, 0.6) is 0 Å². The molecule has 2 atom stereocenters. The van der Waals surface area contributed by atoms with Crippen LogP contribution in [0.3, 0.4) is 0 Å². The van der Waals surface area contributed by atoms with E-state index in [4.69, 9.17) is 0 Å². The molecule has 0 radical (unpaired) electrons. The Morgan fingerprint density at radius 2 is 1.80 bits per heavy atom. The third-order valence-electron chi connectivity index (χ3n) is 4.58. The topological polar surface area (TPSA) is 49.4 Å². The van der Waals surface area contributed by atoms with E-state index in [1.165, 1.54) is 17.0 Å². The lowest BCUT2D eigenvalue weighted by Crippen LogP contribution is -2.46. The number of nitrogens with zero attached hydrogens (tertiary/aromatic N) is 1. The Balaban J connectivity index is 1.72. The Morgan fingerprint density at radius 3 is 2.52 bits per heavy atom. The van der Waals surface area contributed by atoms with E-state index in [1.807, 2.05) is 37.3 Å². The number of amides is 2. The number of benzene rings is 2. The number of likely N-dealkylation sites (tertiary alicyclic amines) is 1. The molecule has 1 saturated heterocycles. The Bertz CT molecular complexity index is 763. The number of halogens is 1. The van der Waals surface area contributed by atoms with Crippen molar-refractivity contribution in [2.75, 3.05) is 6.54 Å². The van der Waals surface area contributed by atoms with Crippen LogP contribution in [0.1, 0.15) is 41.7 Å². The molecule has 0 spiro atoms. The van der Waals surface area contributed by atoms with Crippen molar-refractivity contribution in [1.29, 1.82) is 0 Å². The quantitative estimate of drug-likeness (QED) is 0.928. The highest BCUT2D eigenvalue weighted by atomic mass is 19.1. The monoisotopic (exact) mass is 340 g/mol. The number of rotatable bonds is 4. The van der Waals surface area contributed by atoms with E-state index in [9.17, 15) is 14.0 Å². The van der Waals surface area contributed by atoms with Gasteiger partial charge in [-0.25, -0.2) is 4.39 Å². The second-order valence-electron chi connectivity index (χ2n) is 6.28. The van der Waals surface area contributed by atoms with Crippen molar-refractivity contribution in [3.63, 3.8) is 0 Å². The predicted octanol–water partition coefficient (Wildman–Crippen LogP) is 3.31. The van der Waals surface area contributed by atoms with Gasteiger partial charge in [-0.1, -0.05) is 42.5 Å². The Morgan fingerprint density at radius 1 is 1.12 bits per heavy atom.